The van der Waals surface area contributed by atoms with Crippen LogP contribution in [0.25, 0.3) is 0 Å². The first-order valence-electron chi connectivity index (χ1n) is 4.52. The molecule has 0 aromatic rings. The Labute approximate surface area is 74.7 Å². The maximum Gasteiger partial charge on any atom is 0.0489 e. The van der Waals surface area contributed by atoms with E-state index in [1.165, 1.54) is 19.4 Å². The van der Waals surface area contributed by atoms with Gasteiger partial charge in [0.2, 0.25) is 0 Å². The van der Waals surface area contributed by atoms with Gasteiger partial charge in [0, 0.05) is 17.5 Å². The summed E-state index contributed by atoms with van der Waals surface area (Å²) in [5, 5.41) is 0.367. The molecule has 0 saturated carbocycles. The largest absolute Gasteiger partial charge is 0.297 e. The maximum atomic E-state index is 6.16. The zero-order chi connectivity index (χ0) is 8.43. The zero-order valence-electron chi connectivity index (χ0n) is 7.68. The summed E-state index contributed by atoms with van der Waals surface area (Å²) in [5.41, 5.74) is 0. The van der Waals surface area contributed by atoms with E-state index in [-0.39, 0.29) is 0 Å². The van der Waals surface area contributed by atoms with E-state index in [1.807, 2.05) is 0 Å². The third-order valence-electron chi connectivity index (χ3n) is 2.61. The number of alkyl halides is 1. The minimum Gasteiger partial charge on any atom is -0.297 e. The SMILES string of the molecule is CC(C)N1CCCC(Cl)C1C. The predicted octanol–water partition coefficient (Wildman–Crippen LogP) is 2.49. The molecule has 66 valence electrons. The Morgan fingerprint density at radius 2 is 2.09 bits per heavy atom. The molecule has 0 N–H and O–H groups in total. The van der Waals surface area contributed by atoms with Crippen LogP contribution < -0.4 is 0 Å². The monoisotopic (exact) mass is 175 g/mol. The lowest BCUT2D eigenvalue weighted by atomic mass is 10.0. The molecule has 0 aromatic heterocycles. The van der Waals surface area contributed by atoms with Crippen molar-refractivity contribution < 1.29 is 0 Å². The molecular formula is C9H18ClN. The summed E-state index contributed by atoms with van der Waals surface area (Å²) >= 11 is 6.16. The molecule has 1 aliphatic heterocycles. The van der Waals surface area contributed by atoms with E-state index in [2.05, 4.69) is 25.7 Å². The fourth-order valence-electron chi connectivity index (χ4n) is 1.85. The minimum absolute atomic E-state index is 0.367. The normalized spacial score (nSPS) is 34.6. The van der Waals surface area contributed by atoms with Gasteiger partial charge in [-0.2, -0.15) is 0 Å². The quantitative estimate of drug-likeness (QED) is 0.554. The molecule has 0 bridgehead atoms. The molecule has 0 aromatic carbocycles. The first kappa shape index (κ1) is 9.34. The van der Waals surface area contributed by atoms with Crippen LogP contribution in [0.15, 0.2) is 0 Å². The Balaban J connectivity index is 2.51. The Bertz CT molecular complexity index is 125. The lowest BCUT2D eigenvalue weighted by Gasteiger charge is -2.39. The van der Waals surface area contributed by atoms with Gasteiger partial charge in [0.05, 0.1) is 0 Å². The number of hydrogen-bond acceptors (Lipinski definition) is 1. The minimum atomic E-state index is 0.367. The summed E-state index contributed by atoms with van der Waals surface area (Å²) in [4.78, 5) is 2.49. The average molecular weight is 176 g/mol. The van der Waals surface area contributed by atoms with Crippen molar-refractivity contribution in [2.75, 3.05) is 6.54 Å². The van der Waals surface area contributed by atoms with Crippen LogP contribution >= 0.6 is 11.6 Å². The van der Waals surface area contributed by atoms with Gasteiger partial charge in [-0.1, -0.05) is 0 Å². The molecule has 2 unspecified atom stereocenters. The van der Waals surface area contributed by atoms with Crippen LogP contribution in [0.5, 0.6) is 0 Å². The van der Waals surface area contributed by atoms with Crippen molar-refractivity contribution in [1.82, 2.24) is 4.90 Å². The van der Waals surface area contributed by atoms with Crippen LogP contribution in [0, 0.1) is 0 Å². The Morgan fingerprint density at radius 1 is 1.45 bits per heavy atom. The number of rotatable bonds is 1. The van der Waals surface area contributed by atoms with E-state index < -0.39 is 0 Å². The van der Waals surface area contributed by atoms with Crippen molar-refractivity contribution in [2.45, 2.75) is 51.1 Å². The molecule has 0 aliphatic carbocycles. The topological polar surface area (TPSA) is 3.24 Å². The summed E-state index contributed by atoms with van der Waals surface area (Å²) in [6.07, 6.45) is 2.45. The van der Waals surface area contributed by atoms with Gasteiger partial charge in [-0.05, 0) is 40.2 Å². The van der Waals surface area contributed by atoms with E-state index in [1.54, 1.807) is 0 Å². The number of halogens is 1. The van der Waals surface area contributed by atoms with Crippen molar-refractivity contribution in [1.29, 1.82) is 0 Å². The van der Waals surface area contributed by atoms with E-state index in [9.17, 15) is 0 Å². The molecular weight excluding hydrogens is 158 g/mol. The third kappa shape index (κ3) is 2.09. The number of piperidine rings is 1. The van der Waals surface area contributed by atoms with Gasteiger partial charge in [0.15, 0.2) is 0 Å². The number of likely N-dealkylation sites (tertiary alicyclic amines) is 1. The standard InChI is InChI=1S/C9H18ClN/c1-7(2)11-6-4-5-9(10)8(11)3/h7-9H,4-6H2,1-3H3. The van der Waals surface area contributed by atoms with Crippen molar-refractivity contribution in [3.05, 3.63) is 0 Å². The first-order valence-corrected chi connectivity index (χ1v) is 4.96. The summed E-state index contributed by atoms with van der Waals surface area (Å²) < 4.78 is 0. The lowest BCUT2D eigenvalue weighted by molar-refractivity contribution is 0.127. The molecule has 1 aliphatic rings. The second-order valence-electron chi connectivity index (χ2n) is 3.73. The van der Waals surface area contributed by atoms with Gasteiger partial charge < -0.3 is 0 Å². The number of hydrogen-bond donors (Lipinski definition) is 0. The van der Waals surface area contributed by atoms with Gasteiger partial charge in [-0.25, -0.2) is 0 Å². The van der Waals surface area contributed by atoms with Crippen LogP contribution in [-0.4, -0.2) is 28.9 Å². The molecule has 2 atom stereocenters. The summed E-state index contributed by atoms with van der Waals surface area (Å²) in [6.45, 7) is 7.94. The second-order valence-corrected chi connectivity index (χ2v) is 4.29. The molecule has 2 heteroatoms. The van der Waals surface area contributed by atoms with Crippen LogP contribution in [0.4, 0.5) is 0 Å². The van der Waals surface area contributed by atoms with Crippen molar-refractivity contribution in [3.8, 4) is 0 Å². The van der Waals surface area contributed by atoms with E-state index in [0.29, 0.717) is 17.5 Å². The molecule has 1 nitrogen and oxygen atoms in total. The summed E-state index contributed by atoms with van der Waals surface area (Å²) in [5.74, 6) is 0. The van der Waals surface area contributed by atoms with Gasteiger partial charge in [-0.15, -0.1) is 11.6 Å². The van der Waals surface area contributed by atoms with Crippen LogP contribution in [0.1, 0.15) is 33.6 Å². The summed E-state index contributed by atoms with van der Waals surface area (Å²) in [7, 11) is 0. The number of nitrogens with zero attached hydrogens (tertiary/aromatic N) is 1. The van der Waals surface area contributed by atoms with Crippen molar-refractivity contribution in [3.63, 3.8) is 0 Å². The highest BCUT2D eigenvalue weighted by molar-refractivity contribution is 6.21. The fourth-order valence-corrected chi connectivity index (χ4v) is 2.15. The zero-order valence-corrected chi connectivity index (χ0v) is 8.43. The molecule has 1 rings (SSSR count). The van der Waals surface area contributed by atoms with E-state index in [0.717, 1.165) is 0 Å². The first-order chi connectivity index (χ1) is 5.13. The van der Waals surface area contributed by atoms with E-state index >= 15 is 0 Å². The molecule has 1 fully saturated rings. The molecule has 11 heavy (non-hydrogen) atoms. The molecule has 0 radical (unpaired) electrons. The Kier molecular flexibility index (Phi) is 3.20. The highest BCUT2D eigenvalue weighted by atomic mass is 35.5. The second kappa shape index (κ2) is 3.77. The van der Waals surface area contributed by atoms with Gasteiger partial charge in [0.25, 0.3) is 0 Å². The summed E-state index contributed by atoms with van der Waals surface area (Å²) in [6, 6.07) is 1.21. The van der Waals surface area contributed by atoms with E-state index in [4.69, 9.17) is 11.6 Å². The molecule has 1 saturated heterocycles. The lowest BCUT2D eigenvalue weighted by Crippen LogP contribution is -2.47. The highest BCUT2D eigenvalue weighted by Gasteiger charge is 2.27. The fraction of sp³-hybridized carbons (Fsp3) is 1.00. The van der Waals surface area contributed by atoms with Gasteiger partial charge in [0.1, 0.15) is 0 Å². The van der Waals surface area contributed by atoms with Crippen LogP contribution in [-0.2, 0) is 0 Å². The average Bonchev–Trinajstić information content (AvgIpc) is 1.94. The van der Waals surface area contributed by atoms with Crippen molar-refractivity contribution in [2.24, 2.45) is 0 Å². The van der Waals surface area contributed by atoms with Gasteiger partial charge >= 0.3 is 0 Å². The van der Waals surface area contributed by atoms with Crippen LogP contribution in [0.2, 0.25) is 0 Å². The van der Waals surface area contributed by atoms with Crippen LogP contribution in [0.3, 0.4) is 0 Å². The Hall–Kier alpha value is 0.250. The molecule has 1 heterocycles. The Morgan fingerprint density at radius 3 is 2.55 bits per heavy atom. The maximum absolute atomic E-state index is 6.16. The predicted molar refractivity (Wildman–Crippen MR) is 50.2 cm³/mol. The van der Waals surface area contributed by atoms with Gasteiger partial charge in [-0.3, -0.25) is 4.90 Å². The molecule has 0 amide bonds. The highest BCUT2D eigenvalue weighted by Crippen LogP contribution is 2.23. The molecule has 0 spiro atoms. The third-order valence-corrected chi connectivity index (χ3v) is 3.19. The smallest absolute Gasteiger partial charge is 0.0489 e. The van der Waals surface area contributed by atoms with Crippen molar-refractivity contribution >= 4 is 11.6 Å².